The van der Waals surface area contributed by atoms with E-state index in [1.54, 1.807) is 17.5 Å². The number of fused-ring (bicyclic) bond motifs is 1. The normalized spacial score (nSPS) is 13.6. The first-order chi connectivity index (χ1) is 18.2. The Morgan fingerprint density at radius 2 is 1.89 bits per heavy atom. The van der Waals surface area contributed by atoms with E-state index in [1.807, 2.05) is 66.2 Å². The summed E-state index contributed by atoms with van der Waals surface area (Å²) in [4.78, 5) is 21.9. The zero-order valence-electron chi connectivity index (χ0n) is 20.1. The Hall–Kier alpha value is -4.24. The van der Waals surface area contributed by atoms with E-state index in [9.17, 15) is 4.79 Å². The van der Waals surface area contributed by atoms with Crippen LogP contribution in [-0.2, 0) is 4.79 Å². The SMILES string of the molecule is O=C(COc1cccc(-c2nc(Nc3ccc(-c4cn[nH]c4)cc3)c3sccc3n2)c1)NC1CCCC1. The van der Waals surface area contributed by atoms with Gasteiger partial charge in [-0.3, -0.25) is 9.89 Å². The van der Waals surface area contributed by atoms with Crippen LogP contribution in [0.5, 0.6) is 5.75 Å². The van der Waals surface area contributed by atoms with E-state index >= 15 is 0 Å². The van der Waals surface area contributed by atoms with Crippen LogP contribution in [0.3, 0.4) is 0 Å². The van der Waals surface area contributed by atoms with E-state index in [0.717, 1.165) is 51.3 Å². The molecule has 37 heavy (non-hydrogen) atoms. The number of aromatic amines is 1. The van der Waals surface area contributed by atoms with Crippen LogP contribution in [0.25, 0.3) is 32.7 Å². The number of nitrogens with one attached hydrogen (secondary N) is 3. The molecule has 1 amide bonds. The average Bonchev–Trinajstić information content (AvgIpc) is 3.71. The van der Waals surface area contributed by atoms with Gasteiger partial charge in [0.25, 0.3) is 5.91 Å². The van der Waals surface area contributed by atoms with Crippen molar-refractivity contribution >= 4 is 39.0 Å². The van der Waals surface area contributed by atoms with Gasteiger partial charge in [0, 0.05) is 29.1 Å². The molecule has 186 valence electrons. The molecular formula is C28H26N6O2S. The minimum Gasteiger partial charge on any atom is -0.484 e. The molecular weight excluding hydrogens is 484 g/mol. The number of aromatic nitrogens is 4. The number of hydrogen-bond acceptors (Lipinski definition) is 7. The maximum absolute atomic E-state index is 12.3. The highest BCUT2D eigenvalue weighted by atomic mass is 32.1. The van der Waals surface area contributed by atoms with Gasteiger partial charge in [0.15, 0.2) is 18.2 Å². The highest BCUT2D eigenvalue weighted by Crippen LogP contribution is 2.32. The zero-order chi connectivity index (χ0) is 25.0. The monoisotopic (exact) mass is 510 g/mol. The number of nitrogens with zero attached hydrogens (tertiary/aromatic N) is 3. The van der Waals surface area contributed by atoms with E-state index in [0.29, 0.717) is 11.6 Å². The van der Waals surface area contributed by atoms with Crippen molar-refractivity contribution in [2.75, 3.05) is 11.9 Å². The second kappa shape index (κ2) is 10.4. The number of H-pyrrole nitrogens is 1. The molecule has 6 rings (SSSR count). The van der Waals surface area contributed by atoms with Crippen molar-refractivity contribution in [3.63, 3.8) is 0 Å². The summed E-state index contributed by atoms with van der Waals surface area (Å²) in [5.41, 5.74) is 4.74. The van der Waals surface area contributed by atoms with Crippen molar-refractivity contribution in [1.82, 2.24) is 25.5 Å². The largest absolute Gasteiger partial charge is 0.484 e. The van der Waals surface area contributed by atoms with E-state index in [1.165, 1.54) is 12.8 Å². The summed E-state index contributed by atoms with van der Waals surface area (Å²) >= 11 is 1.60. The van der Waals surface area contributed by atoms with Gasteiger partial charge in [-0.15, -0.1) is 11.3 Å². The van der Waals surface area contributed by atoms with E-state index < -0.39 is 0 Å². The molecule has 1 aliphatic carbocycles. The molecule has 2 aromatic carbocycles. The fourth-order valence-corrected chi connectivity index (χ4v) is 5.36. The highest BCUT2D eigenvalue weighted by molar-refractivity contribution is 7.17. The van der Waals surface area contributed by atoms with Crippen molar-refractivity contribution in [3.05, 3.63) is 72.4 Å². The number of hydrogen-bond donors (Lipinski definition) is 3. The molecule has 0 bridgehead atoms. The summed E-state index contributed by atoms with van der Waals surface area (Å²) < 4.78 is 6.78. The Kier molecular flexibility index (Phi) is 6.51. The molecule has 3 N–H and O–H groups in total. The molecule has 0 unspecified atom stereocenters. The van der Waals surface area contributed by atoms with Gasteiger partial charge in [0.2, 0.25) is 0 Å². The van der Waals surface area contributed by atoms with Crippen LogP contribution in [0.15, 0.2) is 72.4 Å². The van der Waals surface area contributed by atoms with E-state index in [-0.39, 0.29) is 18.6 Å². The summed E-state index contributed by atoms with van der Waals surface area (Å²) in [5, 5.41) is 15.4. The number of anilines is 2. The fourth-order valence-electron chi connectivity index (χ4n) is 4.58. The third kappa shape index (κ3) is 5.31. The first kappa shape index (κ1) is 23.2. The molecule has 1 saturated carbocycles. The summed E-state index contributed by atoms with van der Waals surface area (Å²) in [6.45, 7) is -0.00794. The second-order valence-electron chi connectivity index (χ2n) is 9.09. The summed E-state index contributed by atoms with van der Waals surface area (Å²) in [7, 11) is 0. The third-order valence-corrected chi connectivity index (χ3v) is 7.38. The van der Waals surface area contributed by atoms with Gasteiger partial charge < -0.3 is 15.4 Å². The lowest BCUT2D eigenvalue weighted by atomic mass is 10.1. The molecule has 0 atom stereocenters. The van der Waals surface area contributed by atoms with Crippen molar-refractivity contribution in [2.45, 2.75) is 31.7 Å². The third-order valence-electron chi connectivity index (χ3n) is 6.47. The zero-order valence-corrected chi connectivity index (χ0v) is 20.9. The number of thiophene rings is 1. The Morgan fingerprint density at radius 3 is 2.70 bits per heavy atom. The van der Waals surface area contributed by atoms with Crippen LogP contribution in [-0.4, -0.2) is 38.7 Å². The lowest BCUT2D eigenvalue weighted by Gasteiger charge is -2.13. The first-order valence-electron chi connectivity index (χ1n) is 12.4. The maximum atomic E-state index is 12.3. The lowest BCUT2D eigenvalue weighted by molar-refractivity contribution is -0.123. The summed E-state index contributed by atoms with van der Waals surface area (Å²) in [6.07, 6.45) is 8.12. The molecule has 3 aromatic heterocycles. The first-order valence-corrected chi connectivity index (χ1v) is 13.2. The number of carbonyl (C=O) groups is 1. The Labute approximate surface area is 218 Å². The Bertz CT molecular complexity index is 1510. The maximum Gasteiger partial charge on any atom is 0.258 e. The molecule has 0 saturated heterocycles. The van der Waals surface area contributed by atoms with E-state index in [2.05, 4.69) is 20.8 Å². The molecule has 8 nitrogen and oxygen atoms in total. The van der Waals surface area contributed by atoms with Gasteiger partial charge in [0.05, 0.1) is 16.4 Å². The average molecular weight is 511 g/mol. The van der Waals surface area contributed by atoms with Crippen molar-refractivity contribution in [3.8, 4) is 28.3 Å². The number of carbonyl (C=O) groups excluding carboxylic acids is 1. The molecule has 0 aliphatic heterocycles. The Balaban J connectivity index is 1.20. The van der Waals surface area contributed by atoms with Crippen LogP contribution in [0.1, 0.15) is 25.7 Å². The molecule has 0 radical (unpaired) electrons. The van der Waals surface area contributed by atoms with Crippen LogP contribution >= 0.6 is 11.3 Å². The molecule has 3 heterocycles. The fraction of sp³-hybridized carbons (Fsp3) is 0.214. The van der Waals surface area contributed by atoms with Crippen LogP contribution in [0.2, 0.25) is 0 Å². The van der Waals surface area contributed by atoms with Crippen molar-refractivity contribution < 1.29 is 9.53 Å². The second-order valence-corrected chi connectivity index (χ2v) is 10.0. The number of benzene rings is 2. The molecule has 1 fully saturated rings. The van der Waals surface area contributed by atoms with Crippen LogP contribution < -0.4 is 15.4 Å². The van der Waals surface area contributed by atoms with Gasteiger partial charge in [-0.2, -0.15) is 5.10 Å². The molecule has 5 aromatic rings. The van der Waals surface area contributed by atoms with Crippen LogP contribution in [0, 0.1) is 0 Å². The standard InChI is InChI=1S/C28H26N6O2S/c35-25(31-21-5-1-2-6-21)17-36-23-7-3-4-19(14-23)27-33-24-12-13-37-26(24)28(34-27)32-22-10-8-18(9-11-22)20-15-29-30-16-20/h3-4,7-16,21H,1-2,5-6,17H2,(H,29,30)(H,31,35)(H,32,33,34). The minimum absolute atomic E-state index is 0.00794. The van der Waals surface area contributed by atoms with Gasteiger partial charge in [-0.1, -0.05) is 37.1 Å². The Morgan fingerprint density at radius 1 is 1.03 bits per heavy atom. The van der Waals surface area contributed by atoms with Crippen molar-refractivity contribution in [1.29, 1.82) is 0 Å². The molecule has 9 heteroatoms. The number of ether oxygens (including phenoxy) is 1. The van der Waals surface area contributed by atoms with Crippen molar-refractivity contribution in [2.24, 2.45) is 0 Å². The summed E-state index contributed by atoms with van der Waals surface area (Å²) in [6, 6.07) is 18.0. The highest BCUT2D eigenvalue weighted by Gasteiger charge is 2.17. The van der Waals surface area contributed by atoms with Gasteiger partial charge in [0.1, 0.15) is 5.75 Å². The number of amides is 1. The molecule has 0 spiro atoms. The number of rotatable bonds is 8. The van der Waals surface area contributed by atoms with Gasteiger partial charge in [-0.25, -0.2) is 9.97 Å². The minimum atomic E-state index is -0.0847. The summed E-state index contributed by atoms with van der Waals surface area (Å²) in [5.74, 6) is 1.86. The molecule has 1 aliphatic rings. The predicted molar refractivity (Wildman–Crippen MR) is 146 cm³/mol. The van der Waals surface area contributed by atoms with Gasteiger partial charge >= 0.3 is 0 Å². The predicted octanol–water partition coefficient (Wildman–Crippen LogP) is 5.93. The quantitative estimate of drug-likeness (QED) is 0.239. The smallest absolute Gasteiger partial charge is 0.258 e. The lowest BCUT2D eigenvalue weighted by Crippen LogP contribution is -2.36. The van der Waals surface area contributed by atoms with E-state index in [4.69, 9.17) is 14.7 Å². The van der Waals surface area contributed by atoms with Gasteiger partial charge in [-0.05, 0) is 54.1 Å². The topological polar surface area (TPSA) is 105 Å². The van der Waals surface area contributed by atoms with Crippen LogP contribution in [0.4, 0.5) is 11.5 Å².